The SMILES string of the molecule is CCN(CC)c1ccc(CNC(=O)COc2ccc(Cl)c(C)c2)cn1. The molecule has 25 heavy (non-hydrogen) atoms. The fraction of sp³-hybridized carbons (Fsp3) is 0.368. The van der Waals surface area contributed by atoms with E-state index in [1.807, 2.05) is 25.1 Å². The van der Waals surface area contributed by atoms with E-state index < -0.39 is 0 Å². The molecular formula is C19H24ClN3O2. The van der Waals surface area contributed by atoms with Gasteiger partial charge >= 0.3 is 0 Å². The summed E-state index contributed by atoms with van der Waals surface area (Å²) >= 11 is 5.97. The molecule has 1 amide bonds. The summed E-state index contributed by atoms with van der Waals surface area (Å²) in [5.41, 5.74) is 1.87. The van der Waals surface area contributed by atoms with Crippen molar-refractivity contribution >= 4 is 23.3 Å². The summed E-state index contributed by atoms with van der Waals surface area (Å²) in [5, 5.41) is 3.51. The highest BCUT2D eigenvalue weighted by molar-refractivity contribution is 6.31. The van der Waals surface area contributed by atoms with Crippen molar-refractivity contribution in [2.75, 3.05) is 24.6 Å². The Hall–Kier alpha value is -2.27. The Bertz CT molecular complexity index is 700. The Balaban J connectivity index is 1.80. The number of nitrogens with zero attached hydrogens (tertiary/aromatic N) is 2. The number of carbonyl (C=O) groups excluding carboxylic acids is 1. The molecule has 0 bridgehead atoms. The van der Waals surface area contributed by atoms with E-state index in [2.05, 4.69) is 29.0 Å². The van der Waals surface area contributed by atoms with Crippen molar-refractivity contribution in [3.63, 3.8) is 0 Å². The minimum Gasteiger partial charge on any atom is -0.484 e. The Morgan fingerprint density at radius 1 is 1.24 bits per heavy atom. The molecule has 1 heterocycles. The van der Waals surface area contributed by atoms with Crippen LogP contribution in [0.3, 0.4) is 0 Å². The van der Waals surface area contributed by atoms with Gasteiger partial charge in [0.05, 0.1) is 0 Å². The van der Waals surface area contributed by atoms with E-state index in [0.29, 0.717) is 17.3 Å². The van der Waals surface area contributed by atoms with Gasteiger partial charge in [0.25, 0.3) is 5.91 Å². The fourth-order valence-corrected chi connectivity index (χ4v) is 2.48. The van der Waals surface area contributed by atoms with Gasteiger partial charge < -0.3 is 15.0 Å². The largest absolute Gasteiger partial charge is 0.484 e. The fourth-order valence-electron chi connectivity index (χ4n) is 2.36. The summed E-state index contributed by atoms with van der Waals surface area (Å²) in [6.07, 6.45) is 1.79. The number of carbonyl (C=O) groups is 1. The predicted octanol–water partition coefficient (Wildman–Crippen LogP) is 3.58. The van der Waals surface area contributed by atoms with Gasteiger partial charge in [-0.25, -0.2) is 4.98 Å². The molecule has 0 atom stereocenters. The number of nitrogens with one attached hydrogen (secondary N) is 1. The first-order valence-electron chi connectivity index (χ1n) is 8.39. The maximum absolute atomic E-state index is 11.9. The van der Waals surface area contributed by atoms with Crippen LogP contribution in [-0.4, -0.2) is 30.6 Å². The third kappa shape index (κ3) is 5.64. The lowest BCUT2D eigenvalue weighted by Gasteiger charge is -2.19. The van der Waals surface area contributed by atoms with Crippen LogP contribution in [0.5, 0.6) is 5.75 Å². The number of hydrogen-bond acceptors (Lipinski definition) is 4. The van der Waals surface area contributed by atoms with E-state index in [4.69, 9.17) is 16.3 Å². The second-order valence-electron chi connectivity index (χ2n) is 5.67. The monoisotopic (exact) mass is 361 g/mol. The molecule has 1 aromatic carbocycles. The number of benzene rings is 1. The summed E-state index contributed by atoms with van der Waals surface area (Å²) in [7, 11) is 0. The molecule has 0 aliphatic rings. The van der Waals surface area contributed by atoms with Crippen LogP contribution in [0, 0.1) is 6.92 Å². The van der Waals surface area contributed by atoms with Crippen LogP contribution in [0.2, 0.25) is 5.02 Å². The molecule has 134 valence electrons. The molecule has 6 heteroatoms. The van der Waals surface area contributed by atoms with E-state index in [-0.39, 0.29) is 12.5 Å². The predicted molar refractivity (Wildman–Crippen MR) is 101 cm³/mol. The van der Waals surface area contributed by atoms with Crippen LogP contribution < -0.4 is 15.0 Å². The third-order valence-electron chi connectivity index (χ3n) is 3.89. The number of anilines is 1. The second kappa shape index (κ2) is 9.28. The number of ether oxygens (including phenoxy) is 1. The van der Waals surface area contributed by atoms with Crippen LogP contribution in [0.4, 0.5) is 5.82 Å². The molecule has 0 fully saturated rings. The zero-order chi connectivity index (χ0) is 18.2. The van der Waals surface area contributed by atoms with Crippen molar-refractivity contribution in [1.29, 1.82) is 0 Å². The van der Waals surface area contributed by atoms with Crippen LogP contribution in [0.15, 0.2) is 36.5 Å². The highest BCUT2D eigenvalue weighted by Crippen LogP contribution is 2.20. The zero-order valence-electron chi connectivity index (χ0n) is 14.9. The molecule has 1 N–H and O–H groups in total. The maximum atomic E-state index is 11.9. The number of aromatic nitrogens is 1. The number of aryl methyl sites for hydroxylation is 1. The van der Waals surface area contributed by atoms with Gasteiger partial charge in [0.15, 0.2) is 6.61 Å². The number of rotatable bonds is 8. The second-order valence-corrected chi connectivity index (χ2v) is 6.08. The first-order valence-corrected chi connectivity index (χ1v) is 8.76. The standard InChI is InChI=1S/C19H24ClN3O2/c1-4-23(5-2)18-9-6-15(11-21-18)12-22-19(24)13-25-16-7-8-17(20)14(3)10-16/h6-11H,4-5,12-13H2,1-3H3,(H,22,24). The lowest BCUT2D eigenvalue weighted by atomic mass is 10.2. The van der Waals surface area contributed by atoms with Crippen LogP contribution in [0.1, 0.15) is 25.0 Å². The van der Waals surface area contributed by atoms with Gasteiger partial charge in [-0.2, -0.15) is 0 Å². The van der Waals surface area contributed by atoms with Gasteiger partial charge in [-0.3, -0.25) is 4.79 Å². The normalized spacial score (nSPS) is 10.4. The number of amides is 1. The minimum absolute atomic E-state index is 0.0357. The average Bonchev–Trinajstić information content (AvgIpc) is 2.63. The summed E-state index contributed by atoms with van der Waals surface area (Å²) in [6, 6.07) is 9.27. The summed E-state index contributed by atoms with van der Waals surface area (Å²) in [4.78, 5) is 18.5. The Kier molecular flexibility index (Phi) is 7.07. The summed E-state index contributed by atoms with van der Waals surface area (Å²) < 4.78 is 5.48. The smallest absolute Gasteiger partial charge is 0.258 e. The molecule has 0 aliphatic carbocycles. The molecule has 0 saturated carbocycles. The van der Waals surface area contributed by atoms with Crippen molar-refractivity contribution in [3.8, 4) is 5.75 Å². The number of pyridine rings is 1. The van der Waals surface area contributed by atoms with Gasteiger partial charge in [-0.1, -0.05) is 17.7 Å². The van der Waals surface area contributed by atoms with Crippen molar-refractivity contribution in [2.24, 2.45) is 0 Å². The highest BCUT2D eigenvalue weighted by Gasteiger charge is 2.06. The molecule has 0 unspecified atom stereocenters. The summed E-state index contributed by atoms with van der Waals surface area (Å²) in [6.45, 7) is 8.31. The molecule has 0 aliphatic heterocycles. The number of hydrogen-bond donors (Lipinski definition) is 1. The third-order valence-corrected chi connectivity index (χ3v) is 4.31. The summed E-state index contributed by atoms with van der Waals surface area (Å²) in [5.74, 6) is 1.39. The highest BCUT2D eigenvalue weighted by atomic mass is 35.5. The van der Waals surface area contributed by atoms with Gasteiger partial charge in [-0.15, -0.1) is 0 Å². The van der Waals surface area contributed by atoms with Crippen molar-refractivity contribution in [3.05, 3.63) is 52.7 Å². The van der Waals surface area contributed by atoms with Gasteiger partial charge in [0, 0.05) is 30.9 Å². The molecule has 0 radical (unpaired) electrons. The molecule has 5 nitrogen and oxygen atoms in total. The van der Waals surface area contributed by atoms with Gasteiger partial charge in [-0.05, 0) is 56.2 Å². The Labute approximate surface area is 154 Å². The molecule has 0 saturated heterocycles. The average molecular weight is 362 g/mol. The molecule has 0 spiro atoms. The first-order chi connectivity index (χ1) is 12.0. The molecule has 2 rings (SSSR count). The molecule has 1 aromatic heterocycles. The van der Waals surface area contributed by atoms with Crippen molar-refractivity contribution < 1.29 is 9.53 Å². The lowest BCUT2D eigenvalue weighted by molar-refractivity contribution is -0.123. The van der Waals surface area contributed by atoms with E-state index in [1.54, 1.807) is 18.3 Å². The first kappa shape index (κ1) is 19.1. The van der Waals surface area contributed by atoms with E-state index in [0.717, 1.165) is 30.0 Å². The quantitative estimate of drug-likeness (QED) is 0.780. The maximum Gasteiger partial charge on any atom is 0.258 e. The van der Waals surface area contributed by atoms with E-state index >= 15 is 0 Å². The topological polar surface area (TPSA) is 54.5 Å². The van der Waals surface area contributed by atoms with Crippen LogP contribution >= 0.6 is 11.6 Å². The molecule has 2 aromatic rings. The Morgan fingerprint density at radius 3 is 2.60 bits per heavy atom. The Morgan fingerprint density at radius 2 is 2.00 bits per heavy atom. The van der Waals surface area contributed by atoms with Gasteiger partial charge in [0.2, 0.25) is 0 Å². The zero-order valence-corrected chi connectivity index (χ0v) is 15.6. The van der Waals surface area contributed by atoms with Gasteiger partial charge in [0.1, 0.15) is 11.6 Å². The lowest BCUT2D eigenvalue weighted by Crippen LogP contribution is -2.28. The van der Waals surface area contributed by atoms with Crippen molar-refractivity contribution in [2.45, 2.75) is 27.3 Å². The van der Waals surface area contributed by atoms with E-state index in [1.165, 1.54) is 0 Å². The molecular weight excluding hydrogens is 338 g/mol. The minimum atomic E-state index is -0.180. The number of halogens is 1. The van der Waals surface area contributed by atoms with E-state index in [9.17, 15) is 4.79 Å². The van der Waals surface area contributed by atoms with Crippen LogP contribution in [0.25, 0.3) is 0 Å². The van der Waals surface area contributed by atoms with Crippen molar-refractivity contribution in [1.82, 2.24) is 10.3 Å². The van der Waals surface area contributed by atoms with Crippen LogP contribution in [-0.2, 0) is 11.3 Å².